The molecule has 0 aromatic heterocycles. The fraction of sp³-hybridized carbons (Fsp3) is 0.579. The van der Waals surface area contributed by atoms with Crippen molar-refractivity contribution in [3.63, 3.8) is 0 Å². The van der Waals surface area contributed by atoms with Crippen molar-refractivity contribution in [3.05, 3.63) is 47.2 Å². The van der Waals surface area contributed by atoms with E-state index in [4.69, 9.17) is 4.43 Å². The van der Waals surface area contributed by atoms with Crippen LogP contribution in [0.4, 0.5) is 0 Å². The van der Waals surface area contributed by atoms with Crippen molar-refractivity contribution in [1.29, 1.82) is 0 Å². The standard InChI is InChI=1S/C19H30OSi/c1-4-7-8-12-15-18-16-19(17-13-10-9-11-14-17)20-21(18,5-2)6-3/h9-11,13-14,16,19H,4-8,12,15H2,1-3H3. The Kier molecular flexibility index (Phi) is 6.25. The van der Waals surface area contributed by atoms with Crippen LogP contribution in [0, 0.1) is 0 Å². The van der Waals surface area contributed by atoms with Gasteiger partial charge in [0.05, 0.1) is 6.10 Å². The number of benzene rings is 1. The highest BCUT2D eigenvalue weighted by Gasteiger charge is 2.42. The molecule has 0 N–H and O–H groups in total. The molecule has 2 heteroatoms. The van der Waals surface area contributed by atoms with Crippen molar-refractivity contribution in [2.45, 2.75) is 71.1 Å². The van der Waals surface area contributed by atoms with Gasteiger partial charge in [0.2, 0.25) is 8.32 Å². The minimum Gasteiger partial charge on any atom is -0.402 e. The summed E-state index contributed by atoms with van der Waals surface area (Å²) in [4.78, 5) is 0. The van der Waals surface area contributed by atoms with E-state index in [1.54, 1.807) is 5.20 Å². The molecule has 0 saturated carbocycles. The summed E-state index contributed by atoms with van der Waals surface area (Å²) in [5.74, 6) is 0. The van der Waals surface area contributed by atoms with Gasteiger partial charge in [-0.3, -0.25) is 0 Å². The van der Waals surface area contributed by atoms with E-state index >= 15 is 0 Å². The molecular weight excluding hydrogens is 272 g/mol. The van der Waals surface area contributed by atoms with Gasteiger partial charge in [0.15, 0.2) is 0 Å². The highest BCUT2D eigenvalue weighted by Crippen LogP contribution is 2.42. The first-order chi connectivity index (χ1) is 10.3. The van der Waals surface area contributed by atoms with Gasteiger partial charge in [0, 0.05) is 0 Å². The minimum absolute atomic E-state index is 0.207. The molecular formula is C19H30OSi. The van der Waals surface area contributed by atoms with Crippen LogP contribution in [0.5, 0.6) is 0 Å². The average Bonchev–Trinajstić information content (AvgIpc) is 2.92. The van der Waals surface area contributed by atoms with E-state index in [9.17, 15) is 0 Å². The second kappa shape index (κ2) is 7.95. The molecule has 1 heterocycles. The summed E-state index contributed by atoms with van der Waals surface area (Å²) < 4.78 is 6.65. The highest BCUT2D eigenvalue weighted by molar-refractivity contribution is 6.81. The average molecular weight is 303 g/mol. The van der Waals surface area contributed by atoms with Crippen LogP contribution in [0.1, 0.15) is 64.5 Å². The van der Waals surface area contributed by atoms with E-state index in [2.05, 4.69) is 57.2 Å². The van der Waals surface area contributed by atoms with E-state index in [1.807, 2.05) is 0 Å². The maximum atomic E-state index is 6.65. The summed E-state index contributed by atoms with van der Waals surface area (Å²) in [5, 5.41) is 1.68. The van der Waals surface area contributed by atoms with Gasteiger partial charge >= 0.3 is 0 Å². The van der Waals surface area contributed by atoms with Crippen LogP contribution in [0.15, 0.2) is 41.6 Å². The molecule has 1 atom stereocenters. The molecule has 21 heavy (non-hydrogen) atoms. The van der Waals surface area contributed by atoms with Crippen molar-refractivity contribution in [2.75, 3.05) is 0 Å². The smallest absolute Gasteiger partial charge is 0.220 e. The molecule has 0 bridgehead atoms. The number of unbranched alkanes of at least 4 members (excludes halogenated alkanes) is 3. The molecule has 1 aliphatic rings. The highest BCUT2D eigenvalue weighted by atomic mass is 28.4. The molecule has 2 rings (SSSR count). The van der Waals surface area contributed by atoms with Crippen molar-refractivity contribution in [2.24, 2.45) is 0 Å². The van der Waals surface area contributed by atoms with Crippen LogP contribution in [0.3, 0.4) is 0 Å². The van der Waals surface area contributed by atoms with Gasteiger partial charge in [-0.05, 0) is 30.5 Å². The lowest BCUT2D eigenvalue weighted by Gasteiger charge is -2.28. The minimum atomic E-state index is -1.65. The van der Waals surface area contributed by atoms with Gasteiger partial charge in [-0.25, -0.2) is 0 Å². The molecule has 0 spiro atoms. The molecule has 116 valence electrons. The van der Waals surface area contributed by atoms with Crippen molar-refractivity contribution in [1.82, 2.24) is 0 Å². The van der Waals surface area contributed by atoms with Crippen molar-refractivity contribution >= 4 is 8.32 Å². The van der Waals surface area contributed by atoms with Crippen LogP contribution >= 0.6 is 0 Å². The zero-order chi connectivity index (χ0) is 15.1. The zero-order valence-corrected chi connectivity index (χ0v) is 14.9. The number of rotatable bonds is 8. The topological polar surface area (TPSA) is 9.23 Å². The molecule has 0 radical (unpaired) electrons. The fourth-order valence-corrected chi connectivity index (χ4v) is 7.09. The predicted octanol–water partition coefficient (Wildman–Crippen LogP) is 6.18. The summed E-state index contributed by atoms with van der Waals surface area (Å²) >= 11 is 0. The van der Waals surface area contributed by atoms with Crippen LogP contribution in [-0.2, 0) is 4.43 Å². The third-order valence-electron chi connectivity index (χ3n) is 4.86. The Bertz CT molecular complexity index is 448. The summed E-state index contributed by atoms with van der Waals surface area (Å²) in [6, 6.07) is 13.1. The predicted molar refractivity (Wildman–Crippen MR) is 93.8 cm³/mol. The third kappa shape index (κ3) is 3.86. The largest absolute Gasteiger partial charge is 0.402 e. The second-order valence-electron chi connectivity index (χ2n) is 6.15. The van der Waals surface area contributed by atoms with E-state index in [0.717, 1.165) is 0 Å². The normalized spacial score (nSPS) is 20.5. The van der Waals surface area contributed by atoms with Gasteiger partial charge in [0.1, 0.15) is 0 Å². The lowest BCUT2D eigenvalue weighted by Crippen LogP contribution is -2.36. The Labute approximate surface area is 131 Å². The fourth-order valence-electron chi connectivity index (χ4n) is 3.42. The maximum Gasteiger partial charge on any atom is 0.220 e. The molecule has 1 aromatic carbocycles. The molecule has 1 unspecified atom stereocenters. The van der Waals surface area contributed by atoms with Crippen molar-refractivity contribution < 1.29 is 4.43 Å². The first-order valence-corrected chi connectivity index (χ1v) is 11.0. The molecule has 1 aliphatic heterocycles. The van der Waals surface area contributed by atoms with Gasteiger partial charge in [-0.15, -0.1) is 0 Å². The molecule has 0 saturated heterocycles. The molecule has 0 amide bonds. The first kappa shape index (κ1) is 16.5. The summed E-state index contributed by atoms with van der Waals surface area (Å²) in [6.45, 7) is 6.92. The van der Waals surface area contributed by atoms with Crippen LogP contribution in [0.2, 0.25) is 12.1 Å². The van der Waals surface area contributed by atoms with Gasteiger partial charge < -0.3 is 4.43 Å². The van der Waals surface area contributed by atoms with Gasteiger partial charge in [0.25, 0.3) is 0 Å². The lowest BCUT2D eigenvalue weighted by molar-refractivity contribution is 0.257. The number of hydrogen-bond acceptors (Lipinski definition) is 1. The quantitative estimate of drug-likeness (QED) is 0.411. The molecule has 1 aromatic rings. The lowest BCUT2D eigenvalue weighted by atomic mass is 10.1. The Balaban J connectivity index is 2.11. The summed E-state index contributed by atoms with van der Waals surface area (Å²) in [7, 11) is -1.65. The SMILES string of the molecule is CCCCCCC1=CC(c2ccccc2)O[Si]1(CC)CC. The Morgan fingerprint density at radius 1 is 0.952 bits per heavy atom. The van der Waals surface area contributed by atoms with E-state index in [-0.39, 0.29) is 6.10 Å². The Morgan fingerprint density at radius 2 is 1.67 bits per heavy atom. The zero-order valence-electron chi connectivity index (χ0n) is 13.9. The van der Waals surface area contributed by atoms with E-state index in [0.29, 0.717) is 0 Å². The van der Waals surface area contributed by atoms with Crippen LogP contribution < -0.4 is 0 Å². The molecule has 1 nitrogen and oxygen atoms in total. The number of hydrogen-bond donors (Lipinski definition) is 0. The van der Waals surface area contributed by atoms with E-state index in [1.165, 1.54) is 49.8 Å². The maximum absolute atomic E-state index is 6.65. The van der Waals surface area contributed by atoms with E-state index < -0.39 is 8.32 Å². The van der Waals surface area contributed by atoms with Crippen LogP contribution in [-0.4, -0.2) is 8.32 Å². The van der Waals surface area contributed by atoms with Gasteiger partial charge in [-0.2, -0.15) is 0 Å². The third-order valence-corrected chi connectivity index (χ3v) is 9.44. The summed E-state index contributed by atoms with van der Waals surface area (Å²) in [5.41, 5.74) is 1.32. The first-order valence-electron chi connectivity index (χ1n) is 8.69. The number of allylic oxidation sites excluding steroid dienone is 1. The second-order valence-corrected chi connectivity index (χ2v) is 10.4. The van der Waals surface area contributed by atoms with Crippen molar-refractivity contribution in [3.8, 4) is 0 Å². The Morgan fingerprint density at radius 3 is 2.29 bits per heavy atom. The van der Waals surface area contributed by atoms with Crippen LogP contribution in [0.25, 0.3) is 0 Å². The van der Waals surface area contributed by atoms with Gasteiger partial charge in [-0.1, -0.05) is 81.6 Å². The Hall–Kier alpha value is -0.863. The summed E-state index contributed by atoms with van der Waals surface area (Å²) in [6.07, 6.45) is 9.30. The monoisotopic (exact) mass is 302 g/mol. The molecule has 0 aliphatic carbocycles. The molecule has 0 fully saturated rings.